The van der Waals surface area contributed by atoms with Gasteiger partial charge >= 0.3 is 0 Å². The van der Waals surface area contributed by atoms with Crippen LogP contribution in [0.4, 0.5) is 5.69 Å². The quantitative estimate of drug-likeness (QED) is 0.736. The molecule has 0 saturated carbocycles. The molecule has 118 valence electrons. The Balaban J connectivity index is 1.75. The van der Waals surface area contributed by atoms with E-state index in [0.29, 0.717) is 6.04 Å². The number of ether oxygens (including phenoxy) is 1. The summed E-state index contributed by atoms with van der Waals surface area (Å²) in [7, 11) is 0. The summed E-state index contributed by atoms with van der Waals surface area (Å²) in [5, 5.41) is 3.56. The van der Waals surface area contributed by atoms with Crippen LogP contribution in [0.5, 0.6) is 5.75 Å². The van der Waals surface area contributed by atoms with Crippen molar-refractivity contribution in [2.24, 2.45) is 0 Å². The summed E-state index contributed by atoms with van der Waals surface area (Å²) < 4.78 is 5.82. The molecule has 0 aliphatic carbocycles. The van der Waals surface area contributed by atoms with Crippen molar-refractivity contribution >= 4 is 5.69 Å². The minimum Gasteiger partial charge on any atom is -0.491 e. The summed E-state index contributed by atoms with van der Waals surface area (Å²) in [6.07, 6.45) is 6.15. The molecule has 21 heavy (non-hydrogen) atoms. The largest absolute Gasteiger partial charge is 0.491 e. The van der Waals surface area contributed by atoms with E-state index >= 15 is 0 Å². The van der Waals surface area contributed by atoms with Crippen LogP contribution in [0.25, 0.3) is 0 Å². The van der Waals surface area contributed by atoms with E-state index in [-0.39, 0.29) is 0 Å². The van der Waals surface area contributed by atoms with Crippen molar-refractivity contribution in [3.05, 3.63) is 24.3 Å². The highest BCUT2D eigenvalue weighted by molar-refractivity contribution is 5.58. The highest BCUT2D eigenvalue weighted by Gasteiger charge is 2.15. The Morgan fingerprint density at radius 1 is 1.29 bits per heavy atom. The lowest BCUT2D eigenvalue weighted by Gasteiger charge is -2.24. The zero-order valence-electron chi connectivity index (χ0n) is 13.6. The molecule has 1 heterocycles. The molecule has 1 aliphatic rings. The van der Waals surface area contributed by atoms with Gasteiger partial charge in [-0.05, 0) is 51.3 Å². The summed E-state index contributed by atoms with van der Waals surface area (Å²) in [5.74, 6) is 1.05. The first kappa shape index (κ1) is 16.2. The van der Waals surface area contributed by atoms with Gasteiger partial charge in [0.1, 0.15) is 5.75 Å². The third-order valence-electron chi connectivity index (χ3n) is 4.09. The predicted octanol–water partition coefficient (Wildman–Crippen LogP) is 3.83. The smallest absolute Gasteiger partial charge is 0.142 e. The van der Waals surface area contributed by atoms with Gasteiger partial charge in [-0.3, -0.25) is 0 Å². The van der Waals surface area contributed by atoms with Crippen LogP contribution in [0.2, 0.25) is 0 Å². The number of nitrogens with one attached hydrogen (secondary N) is 1. The van der Waals surface area contributed by atoms with Gasteiger partial charge < -0.3 is 15.0 Å². The molecule has 1 atom stereocenters. The molecule has 3 nitrogen and oxygen atoms in total. The van der Waals surface area contributed by atoms with Crippen molar-refractivity contribution in [1.82, 2.24) is 5.32 Å². The molecule has 0 fully saturated rings. The van der Waals surface area contributed by atoms with Crippen LogP contribution in [0.3, 0.4) is 0 Å². The van der Waals surface area contributed by atoms with Crippen LogP contribution in [0.1, 0.15) is 46.0 Å². The fraction of sp³-hybridized carbons (Fsp3) is 0.667. The maximum Gasteiger partial charge on any atom is 0.142 e. The van der Waals surface area contributed by atoms with Gasteiger partial charge in [-0.2, -0.15) is 0 Å². The Morgan fingerprint density at radius 3 is 3.00 bits per heavy atom. The van der Waals surface area contributed by atoms with Gasteiger partial charge in [-0.1, -0.05) is 25.5 Å². The van der Waals surface area contributed by atoms with E-state index in [9.17, 15) is 0 Å². The highest BCUT2D eigenvalue weighted by atomic mass is 16.5. The van der Waals surface area contributed by atoms with Crippen molar-refractivity contribution < 1.29 is 4.74 Å². The zero-order chi connectivity index (χ0) is 14.9. The summed E-state index contributed by atoms with van der Waals surface area (Å²) >= 11 is 0. The fourth-order valence-electron chi connectivity index (χ4n) is 2.88. The standard InChI is InChI=1S/C18H30N2O/c1-3-12-19-16(2)9-6-7-13-20-14-8-15-21-18-11-5-4-10-17(18)20/h4-5,10-11,16,19H,3,6-9,12-15H2,1-2H3. The summed E-state index contributed by atoms with van der Waals surface area (Å²) in [4.78, 5) is 2.49. The lowest BCUT2D eigenvalue weighted by Crippen LogP contribution is -2.28. The van der Waals surface area contributed by atoms with E-state index in [1.807, 2.05) is 0 Å². The minimum atomic E-state index is 0.643. The molecule has 1 aliphatic heterocycles. The molecular weight excluding hydrogens is 260 g/mol. The second kappa shape index (κ2) is 8.93. The fourth-order valence-corrected chi connectivity index (χ4v) is 2.88. The Kier molecular flexibility index (Phi) is 6.87. The number of fused-ring (bicyclic) bond motifs is 1. The molecule has 0 amide bonds. The molecule has 0 aromatic heterocycles. The van der Waals surface area contributed by atoms with Crippen LogP contribution in [0, 0.1) is 0 Å². The van der Waals surface area contributed by atoms with Crippen molar-refractivity contribution in [2.45, 2.75) is 52.0 Å². The van der Waals surface area contributed by atoms with Gasteiger partial charge in [-0.15, -0.1) is 0 Å². The summed E-state index contributed by atoms with van der Waals surface area (Å²) in [6.45, 7) is 8.74. The first-order valence-corrected chi connectivity index (χ1v) is 8.51. The zero-order valence-corrected chi connectivity index (χ0v) is 13.6. The second-order valence-corrected chi connectivity index (χ2v) is 6.01. The van der Waals surface area contributed by atoms with Crippen molar-refractivity contribution in [1.29, 1.82) is 0 Å². The molecule has 1 aromatic rings. The Morgan fingerprint density at radius 2 is 2.14 bits per heavy atom. The lowest BCUT2D eigenvalue weighted by atomic mass is 10.1. The number of hydrogen-bond donors (Lipinski definition) is 1. The van der Waals surface area contributed by atoms with Crippen LogP contribution in [-0.2, 0) is 0 Å². The molecule has 3 heteroatoms. The second-order valence-electron chi connectivity index (χ2n) is 6.01. The SMILES string of the molecule is CCCNC(C)CCCCN1CCCOc2ccccc21. The van der Waals surface area contributed by atoms with Gasteiger partial charge in [0.2, 0.25) is 0 Å². The Labute approximate surface area is 129 Å². The Hall–Kier alpha value is -1.22. The van der Waals surface area contributed by atoms with Crippen molar-refractivity contribution in [3.63, 3.8) is 0 Å². The number of hydrogen-bond acceptors (Lipinski definition) is 3. The minimum absolute atomic E-state index is 0.643. The number of rotatable bonds is 8. The number of anilines is 1. The topological polar surface area (TPSA) is 24.5 Å². The number of benzene rings is 1. The van der Waals surface area contributed by atoms with Gasteiger partial charge in [-0.25, -0.2) is 0 Å². The van der Waals surface area contributed by atoms with Crippen LogP contribution < -0.4 is 15.0 Å². The molecule has 1 aromatic carbocycles. The summed E-state index contributed by atoms with van der Waals surface area (Å²) in [6, 6.07) is 9.08. The molecule has 1 unspecified atom stereocenters. The normalized spacial score (nSPS) is 16.0. The number of unbranched alkanes of at least 4 members (excludes halogenated alkanes) is 1. The van der Waals surface area contributed by atoms with Gasteiger partial charge in [0, 0.05) is 19.1 Å². The number of para-hydroxylation sites is 2. The van der Waals surface area contributed by atoms with E-state index in [4.69, 9.17) is 4.74 Å². The van der Waals surface area contributed by atoms with E-state index in [1.54, 1.807) is 0 Å². The predicted molar refractivity (Wildman–Crippen MR) is 90.4 cm³/mol. The molecule has 0 saturated heterocycles. The molecule has 2 rings (SSSR count). The molecule has 0 radical (unpaired) electrons. The van der Waals surface area contributed by atoms with Crippen molar-refractivity contribution in [2.75, 3.05) is 31.1 Å². The Bertz CT molecular complexity index is 408. The third-order valence-corrected chi connectivity index (χ3v) is 4.09. The van der Waals surface area contributed by atoms with E-state index < -0.39 is 0 Å². The molecule has 0 bridgehead atoms. The van der Waals surface area contributed by atoms with Gasteiger partial charge in [0.05, 0.1) is 12.3 Å². The van der Waals surface area contributed by atoms with Crippen LogP contribution in [0.15, 0.2) is 24.3 Å². The van der Waals surface area contributed by atoms with Crippen LogP contribution in [-0.4, -0.2) is 32.3 Å². The summed E-state index contributed by atoms with van der Waals surface area (Å²) in [5.41, 5.74) is 1.27. The first-order chi connectivity index (χ1) is 10.3. The third kappa shape index (κ3) is 5.24. The monoisotopic (exact) mass is 290 g/mol. The molecular formula is C18H30N2O. The number of nitrogens with zero attached hydrogens (tertiary/aromatic N) is 1. The molecule has 0 spiro atoms. The van der Waals surface area contributed by atoms with E-state index in [0.717, 1.165) is 38.4 Å². The van der Waals surface area contributed by atoms with Gasteiger partial charge in [0.15, 0.2) is 0 Å². The van der Waals surface area contributed by atoms with Crippen molar-refractivity contribution in [3.8, 4) is 5.75 Å². The first-order valence-electron chi connectivity index (χ1n) is 8.51. The highest BCUT2D eigenvalue weighted by Crippen LogP contribution is 2.30. The van der Waals surface area contributed by atoms with Crippen LogP contribution >= 0.6 is 0 Å². The average molecular weight is 290 g/mol. The molecule has 1 N–H and O–H groups in total. The maximum atomic E-state index is 5.82. The average Bonchev–Trinajstić information content (AvgIpc) is 2.72. The van der Waals surface area contributed by atoms with E-state index in [1.165, 1.54) is 31.4 Å². The maximum absolute atomic E-state index is 5.82. The lowest BCUT2D eigenvalue weighted by molar-refractivity contribution is 0.322. The van der Waals surface area contributed by atoms with E-state index in [2.05, 4.69) is 48.3 Å². The van der Waals surface area contributed by atoms with Gasteiger partial charge in [0.25, 0.3) is 0 Å².